The molecule has 0 aliphatic carbocycles. The van der Waals surface area contributed by atoms with Gasteiger partial charge >= 0.3 is 0 Å². The number of carbonyl (C=O) groups is 1. The third-order valence-electron chi connectivity index (χ3n) is 2.81. The number of Topliss-reactive ketones (excluding diaryl/α,β-unsaturated/α-hetero) is 1. The molecule has 0 amide bonds. The second kappa shape index (κ2) is 5.01. The van der Waals surface area contributed by atoms with E-state index in [1.165, 1.54) is 37.3 Å². The molecule has 0 aliphatic heterocycles. The zero-order valence-corrected chi connectivity index (χ0v) is 11.9. The summed E-state index contributed by atoms with van der Waals surface area (Å²) < 4.78 is 28.3. The molecule has 6 nitrogen and oxygen atoms in total. The Kier molecular flexibility index (Phi) is 3.54. The minimum atomic E-state index is -3.69. The van der Waals surface area contributed by atoms with Gasteiger partial charge in [0.1, 0.15) is 0 Å². The van der Waals surface area contributed by atoms with E-state index in [0.29, 0.717) is 17.1 Å². The van der Waals surface area contributed by atoms with Crippen molar-refractivity contribution >= 4 is 27.2 Å². The Labute approximate surface area is 117 Å². The van der Waals surface area contributed by atoms with Crippen LogP contribution in [0.2, 0.25) is 0 Å². The van der Waals surface area contributed by atoms with Crippen LogP contribution in [0.1, 0.15) is 17.4 Å². The zero-order valence-electron chi connectivity index (χ0n) is 11.1. The molecule has 0 bridgehead atoms. The van der Waals surface area contributed by atoms with Crippen molar-refractivity contribution in [3.05, 3.63) is 42.2 Å². The highest BCUT2D eigenvalue weighted by molar-refractivity contribution is 7.92. The molecule has 0 atom stereocenters. The van der Waals surface area contributed by atoms with Gasteiger partial charge in [-0.15, -0.1) is 0 Å². The maximum atomic E-state index is 12.2. The van der Waals surface area contributed by atoms with Gasteiger partial charge in [-0.05, 0) is 30.3 Å². The summed E-state index contributed by atoms with van der Waals surface area (Å²) in [5, 5.41) is 0. The number of nitrogens with two attached hydrogens (primary N) is 1. The van der Waals surface area contributed by atoms with E-state index in [1.54, 1.807) is 17.8 Å². The highest BCUT2D eigenvalue weighted by Gasteiger charge is 2.16. The van der Waals surface area contributed by atoms with Crippen LogP contribution < -0.4 is 10.5 Å². The zero-order chi connectivity index (χ0) is 14.9. The molecule has 0 unspecified atom stereocenters. The molecule has 0 radical (unpaired) electrons. The number of rotatable bonds is 4. The molecule has 7 heteroatoms. The second-order valence-electron chi connectivity index (χ2n) is 4.46. The van der Waals surface area contributed by atoms with Crippen molar-refractivity contribution in [1.82, 2.24) is 4.57 Å². The van der Waals surface area contributed by atoms with Crippen molar-refractivity contribution in [2.45, 2.75) is 11.8 Å². The first kappa shape index (κ1) is 14.1. The van der Waals surface area contributed by atoms with E-state index >= 15 is 0 Å². The number of aryl methyl sites for hydroxylation is 1. The third kappa shape index (κ3) is 2.83. The SMILES string of the molecule is CC(=O)c1cc(NS(=O)(=O)c2ccc(N)cc2)cn1C. The molecule has 0 spiro atoms. The fourth-order valence-electron chi connectivity index (χ4n) is 1.83. The second-order valence-corrected chi connectivity index (χ2v) is 6.14. The number of nitrogens with one attached hydrogen (secondary N) is 1. The van der Waals surface area contributed by atoms with Gasteiger partial charge in [-0.3, -0.25) is 9.52 Å². The minimum absolute atomic E-state index is 0.111. The fraction of sp³-hybridized carbons (Fsp3) is 0.154. The Hall–Kier alpha value is -2.28. The van der Waals surface area contributed by atoms with Crippen molar-refractivity contribution in [1.29, 1.82) is 0 Å². The van der Waals surface area contributed by atoms with Gasteiger partial charge in [0.25, 0.3) is 10.0 Å². The van der Waals surface area contributed by atoms with E-state index in [0.717, 1.165) is 0 Å². The van der Waals surface area contributed by atoms with Crippen LogP contribution in [0.25, 0.3) is 0 Å². The molecular formula is C13H15N3O3S. The number of ketones is 1. The number of anilines is 2. The Morgan fingerprint density at radius 3 is 2.35 bits per heavy atom. The van der Waals surface area contributed by atoms with Crippen molar-refractivity contribution in [3.8, 4) is 0 Å². The average Bonchev–Trinajstić information content (AvgIpc) is 2.70. The average molecular weight is 293 g/mol. The number of nitrogens with zero attached hydrogens (tertiary/aromatic N) is 1. The van der Waals surface area contributed by atoms with Crippen molar-refractivity contribution in [3.63, 3.8) is 0 Å². The summed E-state index contributed by atoms with van der Waals surface area (Å²) in [6.45, 7) is 1.42. The number of aromatic nitrogens is 1. The van der Waals surface area contributed by atoms with Crippen LogP contribution >= 0.6 is 0 Å². The normalized spacial score (nSPS) is 11.3. The summed E-state index contributed by atoms with van der Waals surface area (Å²) in [5.74, 6) is -0.134. The van der Waals surface area contributed by atoms with Gasteiger partial charge in [0.05, 0.1) is 16.3 Å². The quantitative estimate of drug-likeness (QED) is 0.661. The van der Waals surface area contributed by atoms with E-state index in [4.69, 9.17) is 5.73 Å². The summed E-state index contributed by atoms with van der Waals surface area (Å²) in [4.78, 5) is 11.5. The number of nitrogen functional groups attached to an aromatic ring is 1. The molecule has 0 saturated heterocycles. The van der Waals surface area contributed by atoms with E-state index in [2.05, 4.69) is 4.72 Å². The lowest BCUT2D eigenvalue weighted by Crippen LogP contribution is -2.12. The molecule has 0 aliphatic rings. The van der Waals surface area contributed by atoms with Crippen LogP contribution in [0.4, 0.5) is 11.4 Å². The van der Waals surface area contributed by atoms with Crippen LogP contribution in [-0.2, 0) is 17.1 Å². The summed E-state index contributed by atoms with van der Waals surface area (Å²) in [5.41, 5.74) is 6.78. The van der Waals surface area contributed by atoms with E-state index in [-0.39, 0.29) is 10.7 Å². The first-order valence-electron chi connectivity index (χ1n) is 5.85. The van der Waals surface area contributed by atoms with Crippen molar-refractivity contribution < 1.29 is 13.2 Å². The molecule has 1 heterocycles. The first-order chi connectivity index (χ1) is 9.29. The number of benzene rings is 1. The standard InChI is InChI=1S/C13H15N3O3S/c1-9(17)13-7-11(8-16(13)2)15-20(18,19)12-5-3-10(14)4-6-12/h3-8,15H,14H2,1-2H3. The lowest BCUT2D eigenvalue weighted by molar-refractivity contribution is 0.101. The Balaban J connectivity index is 2.31. The van der Waals surface area contributed by atoms with Gasteiger partial charge in [-0.1, -0.05) is 0 Å². The highest BCUT2D eigenvalue weighted by atomic mass is 32.2. The fourth-order valence-corrected chi connectivity index (χ4v) is 2.87. The van der Waals surface area contributed by atoms with Gasteiger partial charge in [0.15, 0.2) is 5.78 Å². The predicted octanol–water partition coefficient (Wildman–Crippen LogP) is 1.61. The molecule has 2 rings (SSSR count). The van der Waals surface area contributed by atoms with Gasteiger partial charge in [0, 0.05) is 25.9 Å². The number of carbonyl (C=O) groups excluding carboxylic acids is 1. The maximum Gasteiger partial charge on any atom is 0.261 e. The predicted molar refractivity (Wildman–Crippen MR) is 77.1 cm³/mol. The monoisotopic (exact) mass is 293 g/mol. The Morgan fingerprint density at radius 1 is 1.25 bits per heavy atom. The van der Waals surface area contributed by atoms with Crippen molar-refractivity contribution in [2.75, 3.05) is 10.5 Å². The maximum absolute atomic E-state index is 12.2. The number of sulfonamides is 1. The smallest absolute Gasteiger partial charge is 0.261 e. The highest BCUT2D eigenvalue weighted by Crippen LogP contribution is 2.19. The number of hydrogen-bond acceptors (Lipinski definition) is 4. The molecule has 1 aromatic carbocycles. The van der Waals surface area contributed by atoms with Crippen molar-refractivity contribution in [2.24, 2.45) is 7.05 Å². The lowest BCUT2D eigenvalue weighted by Gasteiger charge is -2.06. The van der Waals surface area contributed by atoms with Gasteiger partial charge in [-0.25, -0.2) is 8.42 Å². The molecule has 2 aromatic rings. The molecule has 20 heavy (non-hydrogen) atoms. The van der Waals surface area contributed by atoms with E-state index in [1.807, 2.05) is 0 Å². The van der Waals surface area contributed by atoms with Gasteiger partial charge < -0.3 is 10.3 Å². The van der Waals surface area contributed by atoms with E-state index in [9.17, 15) is 13.2 Å². The summed E-state index contributed by atoms with van der Waals surface area (Å²) in [7, 11) is -2.01. The largest absolute Gasteiger partial charge is 0.399 e. The Bertz CT molecular complexity index is 746. The third-order valence-corrected chi connectivity index (χ3v) is 4.21. The molecule has 0 fully saturated rings. The molecule has 1 aromatic heterocycles. The van der Waals surface area contributed by atoms with Gasteiger partial charge in [0.2, 0.25) is 0 Å². The van der Waals surface area contributed by atoms with E-state index < -0.39 is 10.0 Å². The molecule has 106 valence electrons. The summed E-state index contributed by atoms with van der Waals surface area (Å²) in [6.07, 6.45) is 1.55. The Morgan fingerprint density at radius 2 is 1.85 bits per heavy atom. The number of hydrogen-bond donors (Lipinski definition) is 2. The molecule has 0 saturated carbocycles. The first-order valence-corrected chi connectivity index (χ1v) is 7.33. The topological polar surface area (TPSA) is 94.2 Å². The van der Waals surface area contributed by atoms with Crippen LogP contribution in [0.3, 0.4) is 0 Å². The minimum Gasteiger partial charge on any atom is -0.399 e. The van der Waals surface area contributed by atoms with Crippen LogP contribution in [0, 0.1) is 0 Å². The van der Waals surface area contributed by atoms with Crippen LogP contribution in [0.15, 0.2) is 41.4 Å². The summed E-state index contributed by atoms with van der Waals surface area (Å²) in [6, 6.07) is 7.37. The molecule has 3 N–H and O–H groups in total. The lowest BCUT2D eigenvalue weighted by atomic mass is 10.3. The van der Waals surface area contributed by atoms with Gasteiger partial charge in [-0.2, -0.15) is 0 Å². The molecular weight excluding hydrogens is 278 g/mol. The van der Waals surface area contributed by atoms with Crippen LogP contribution in [0.5, 0.6) is 0 Å². The van der Waals surface area contributed by atoms with Crippen LogP contribution in [-0.4, -0.2) is 18.8 Å². The summed E-state index contributed by atoms with van der Waals surface area (Å²) >= 11 is 0.